The molecule has 1 saturated carbocycles. The van der Waals surface area contributed by atoms with E-state index in [1.165, 1.54) is 12.1 Å². The molecule has 0 radical (unpaired) electrons. The van der Waals surface area contributed by atoms with Crippen LogP contribution in [0, 0.1) is 0 Å². The number of alkyl halides is 3. The first-order chi connectivity index (χ1) is 9.97. The van der Waals surface area contributed by atoms with Gasteiger partial charge in [0.05, 0.1) is 0 Å². The van der Waals surface area contributed by atoms with Crippen LogP contribution in [0.3, 0.4) is 0 Å². The predicted octanol–water partition coefficient (Wildman–Crippen LogP) is 2.94. The van der Waals surface area contributed by atoms with Crippen molar-refractivity contribution >= 4 is 5.91 Å². The van der Waals surface area contributed by atoms with Crippen molar-refractivity contribution in [1.82, 2.24) is 10.6 Å². The number of amides is 1. The summed E-state index contributed by atoms with van der Waals surface area (Å²) in [6, 6.07) is 6.34. The zero-order valence-corrected chi connectivity index (χ0v) is 11.6. The molecule has 116 valence electrons. The number of rotatable bonds is 7. The number of carbonyl (C=O) groups excluding carboxylic acids is 1. The summed E-state index contributed by atoms with van der Waals surface area (Å²) in [5.41, 5.74) is 0.187. The van der Waals surface area contributed by atoms with E-state index >= 15 is 0 Å². The number of carbonyl (C=O) groups is 1. The minimum atomic E-state index is -4.35. The zero-order valence-electron chi connectivity index (χ0n) is 11.6. The number of nitrogens with one attached hydrogen (secondary N) is 2. The minimum Gasteiger partial charge on any atom is -0.353 e. The zero-order chi connectivity index (χ0) is 15.3. The molecule has 0 spiro atoms. The fourth-order valence-electron chi connectivity index (χ4n) is 2.09. The van der Waals surface area contributed by atoms with Crippen molar-refractivity contribution in [2.75, 3.05) is 6.54 Å². The predicted molar refractivity (Wildman–Crippen MR) is 73.6 cm³/mol. The summed E-state index contributed by atoms with van der Waals surface area (Å²) >= 11 is 0. The maximum atomic E-state index is 13.0. The topological polar surface area (TPSA) is 41.1 Å². The quantitative estimate of drug-likeness (QED) is 0.760. The van der Waals surface area contributed by atoms with Gasteiger partial charge < -0.3 is 10.6 Å². The van der Waals surface area contributed by atoms with Crippen LogP contribution >= 0.6 is 0 Å². The largest absolute Gasteiger partial charge is 0.407 e. The van der Waals surface area contributed by atoms with E-state index in [9.17, 15) is 18.0 Å². The molecule has 1 aliphatic rings. The van der Waals surface area contributed by atoms with Gasteiger partial charge in [0.25, 0.3) is 0 Å². The van der Waals surface area contributed by atoms with Crippen LogP contribution in [0.1, 0.15) is 37.3 Å². The number of benzene rings is 1. The molecule has 2 N–H and O–H groups in total. The lowest BCUT2D eigenvalue weighted by atomic mass is 10.1. The third-order valence-electron chi connectivity index (χ3n) is 3.33. The summed E-state index contributed by atoms with van der Waals surface area (Å²) in [5.74, 6) is -0.0810. The van der Waals surface area contributed by atoms with Crippen molar-refractivity contribution in [2.24, 2.45) is 0 Å². The molecule has 0 heterocycles. The van der Waals surface area contributed by atoms with E-state index in [4.69, 9.17) is 0 Å². The molecule has 0 aromatic heterocycles. The summed E-state index contributed by atoms with van der Waals surface area (Å²) < 4.78 is 39.1. The van der Waals surface area contributed by atoms with Gasteiger partial charge in [0.2, 0.25) is 5.91 Å². The highest BCUT2D eigenvalue weighted by molar-refractivity contribution is 5.76. The van der Waals surface area contributed by atoms with Gasteiger partial charge >= 0.3 is 6.18 Å². The Labute approximate surface area is 121 Å². The molecule has 0 bridgehead atoms. The second kappa shape index (κ2) is 6.93. The smallest absolute Gasteiger partial charge is 0.353 e. The summed E-state index contributed by atoms with van der Waals surface area (Å²) in [4.78, 5) is 11.4. The van der Waals surface area contributed by atoms with Gasteiger partial charge in [-0.15, -0.1) is 0 Å². The van der Waals surface area contributed by atoms with Gasteiger partial charge in [-0.2, -0.15) is 13.2 Å². The van der Waals surface area contributed by atoms with Crippen LogP contribution in [0.2, 0.25) is 0 Å². The van der Waals surface area contributed by atoms with E-state index in [0.29, 0.717) is 6.42 Å². The Bertz CT molecular complexity index is 458. The molecule has 21 heavy (non-hydrogen) atoms. The molecule has 1 aliphatic carbocycles. The molecule has 1 amide bonds. The van der Waals surface area contributed by atoms with Crippen LogP contribution in [0.5, 0.6) is 0 Å². The van der Waals surface area contributed by atoms with Crippen molar-refractivity contribution in [3.05, 3.63) is 35.9 Å². The molecule has 1 unspecified atom stereocenters. The molecule has 1 aromatic rings. The van der Waals surface area contributed by atoms with Gasteiger partial charge in [0.15, 0.2) is 0 Å². The molecule has 3 nitrogen and oxygen atoms in total. The molecular weight excluding hydrogens is 281 g/mol. The van der Waals surface area contributed by atoms with Crippen molar-refractivity contribution in [3.63, 3.8) is 0 Å². The molecule has 0 saturated heterocycles. The number of halogens is 3. The molecular formula is C15H19F3N2O. The molecule has 1 fully saturated rings. The lowest BCUT2D eigenvalue weighted by Crippen LogP contribution is -2.35. The Kier molecular flexibility index (Phi) is 5.22. The molecule has 1 aromatic carbocycles. The van der Waals surface area contributed by atoms with Crippen molar-refractivity contribution < 1.29 is 18.0 Å². The monoisotopic (exact) mass is 300 g/mol. The highest BCUT2D eigenvalue weighted by Gasteiger charge is 2.40. The third-order valence-corrected chi connectivity index (χ3v) is 3.33. The molecule has 6 heteroatoms. The van der Waals surface area contributed by atoms with Crippen LogP contribution < -0.4 is 10.6 Å². The van der Waals surface area contributed by atoms with E-state index in [1.54, 1.807) is 18.2 Å². The number of hydrogen-bond donors (Lipinski definition) is 2. The number of hydrogen-bond acceptors (Lipinski definition) is 2. The average Bonchev–Trinajstić information content (AvgIpc) is 3.22. The van der Waals surface area contributed by atoms with E-state index < -0.39 is 12.2 Å². The fourth-order valence-corrected chi connectivity index (χ4v) is 2.09. The lowest BCUT2D eigenvalue weighted by Gasteiger charge is -2.22. The van der Waals surface area contributed by atoms with Crippen LogP contribution in [0.15, 0.2) is 30.3 Å². The SMILES string of the molecule is O=C(CCCNC(c1ccccc1)C(F)(F)F)NC1CC1. The minimum absolute atomic E-state index is 0.0810. The standard InChI is InChI=1S/C15H19F3N2O/c16-15(17,18)14(11-5-2-1-3-6-11)19-10-4-7-13(21)20-12-8-9-12/h1-3,5-6,12,14,19H,4,7-10H2,(H,20,21). The van der Waals surface area contributed by atoms with E-state index in [1.807, 2.05) is 0 Å². The summed E-state index contributed by atoms with van der Waals surface area (Å²) in [6.07, 6.45) is -1.69. The highest BCUT2D eigenvalue weighted by atomic mass is 19.4. The first-order valence-electron chi connectivity index (χ1n) is 7.11. The van der Waals surface area contributed by atoms with Crippen molar-refractivity contribution in [3.8, 4) is 0 Å². The summed E-state index contributed by atoms with van der Waals surface area (Å²) in [5, 5.41) is 5.31. The van der Waals surface area contributed by atoms with Gasteiger partial charge in [0.1, 0.15) is 6.04 Å². The van der Waals surface area contributed by atoms with Crippen LogP contribution in [0.25, 0.3) is 0 Å². The Morgan fingerprint density at radius 3 is 2.48 bits per heavy atom. The van der Waals surface area contributed by atoms with Gasteiger partial charge in [-0.3, -0.25) is 4.79 Å². The highest BCUT2D eigenvalue weighted by Crippen LogP contribution is 2.32. The van der Waals surface area contributed by atoms with Crippen LogP contribution in [0.4, 0.5) is 13.2 Å². The summed E-state index contributed by atoms with van der Waals surface area (Å²) in [6.45, 7) is 0.150. The first-order valence-corrected chi connectivity index (χ1v) is 7.11. The Morgan fingerprint density at radius 1 is 1.24 bits per heavy atom. The van der Waals surface area contributed by atoms with Gasteiger partial charge in [0, 0.05) is 12.5 Å². The molecule has 0 aliphatic heterocycles. The van der Waals surface area contributed by atoms with E-state index in [2.05, 4.69) is 10.6 Å². The lowest BCUT2D eigenvalue weighted by molar-refractivity contribution is -0.157. The first kappa shape index (κ1) is 15.8. The Morgan fingerprint density at radius 2 is 1.90 bits per heavy atom. The van der Waals surface area contributed by atoms with E-state index in [0.717, 1.165) is 12.8 Å². The Balaban J connectivity index is 1.78. The fraction of sp³-hybridized carbons (Fsp3) is 0.533. The van der Waals surface area contributed by atoms with Crippen molar-refractivity contribution in [2.45, 2.75) is 43.9 Å². The molecule has 1 atom stereocenters. The van der Waals surface area contributed by atoms with E-state index in [-0.39, 0.29) is 30.5 Å². The average molecular weight is 300 g/mol. The normalized spacial score (nSPS) is 16.5. The summed E-state index contributed by atoms with van der Waals surface area (Å²) in [7, 11) is 0. The van der Waals surface area contributed by atoms with Gasteiger partial charge in [-0.25, -0.2) is 0 Å². The van der Waals surface area contributed by atoms with Crippen LogP contribution in [-0.4, -0.2) is 24.7 Å². The molecule has 2 rings (SSSR count). The van der Waals surface area contributed by atoms with Crippen molar-refractivity contribution in [1.29, 1.82) is 0 Å². The maximum absolute atomic E-state index is 13.0. The Hall–Kier alpha value is -1.56. The second-order valence-corrected chi connectivity index (χ2v) is 5.28. The maximum Gasteiger partial charge on any atom is 0.407 e. The van der Waals surface area contributed by atoms with Gasteiger partial charge in [-0.1, -0.05) is 30.3 Å². The van der Waals surface area contributed by atoms with Gasteiger partial charge in [-0.05, 0) is 31.4 Å². The second-order valence-electron chi connectivity index (χ2n) is 5.28. The third kappa shape index (κ3) is 5.38. The van der Waals surface area contributed by atoms with Crippen LogP contribution in [-0.2, 0) is 4.79 Å².